The molecule has 0 spiro atoms. The summed E-state index contributed by atoms with van der Waals surface area (Å²) in [6.45, 7) is 11.1. The predicted molar refractivity (Wildman–Crippen MR) is 88.9 cm³/mol. The molecule has 1 atom stereocenters. The zero-order valence-corrected chi connectivity index (χ0v) is 14.0. The molecule has 1 heterocycles. The van der Waals surface area contributed by atoms with Crippen LogP contribution in [-0.2, 0) is 6.54 Å². The lowest BCUT2D eigenvalue weighted by Gasteiger charge is -2.35. The summed E-state index contributed by atoms with van der Waals surface area (Å²) in [6, 6.07) is 7.11. The first kappa shape index (κ1) is 16.3. The lowest BCUT2D eigenvalue weighted by Crippen LogP contribution is -2.41. The Kier molecular flexibility index (Phi) is 6.07. The van der Waals surface area contributed by atoms with Crippen LogP contribution in [0.15, 0.2) is 18.2 Å². The molecule has 1 fully saturated rings. The van der Waals surface area contributed by atoms with Crippen LogP contribution < -0.4 is 10.1 Å². The number of nitrogens with zero attached hydrogens (tertiary/aromatic N) is 1. The van der Waals surface area contributed by atoms with E-state index in [1.807, 2.05) is 0 Å². The summed E-state index contributed by atoms with van der Waals surface area (Å²) in [5.74, 6) is 1.84. The van der Waals surface area contributed by atoms with Gasteiger partial charge in [-0.25, -0.2) is 0 Å². The first-order valence-electron chi connectivity index (χ1n) is 8.23. The van der Waals surface area contributed by atoms with E-state index in [4.69, 9.17) is 4.74 Å². The number of ether oxygens (including phenoxy) is 1. The Morgan fingerprint density at radius 2 is 2.05 bits per heavy atom. The highest BCUT2D eigenvalue weighted by Gasteiger charge is 2.23. The monoisotopic (exact) mass is 290 g/mol. The highest BCUT2D eigenvalue weighted by Crippen LogP contribution is 2.25. The number of rotatable bonds is 6. The highest BCUT2D eigenvalue weighted by molar-refractivity contribution is 5.36. The molecule has 0 radical (unpaired) electrons. The topological polar surface area (TPSA) is 24.5 Å². The minimum absolute atomic E-state index is 0.644. The van der Waals surface area contributed by atoms with E-state index < -0.39 is 0 Å². The Bertz CT molecular complexity index is 439. The maximum Gasteiger partial charge on any atom is 0.123 e. The smallest absolute Gasteiger partial charge is 0.123 e. The van der Waals surface area contributed by atoms with E-state index in [0.29, 0.717) is 6.04 Å². The SMILES string of the molecule is CCNC(C)C1CCN(Cc2cc(C)ccc2OC)CC1. The molecule has 1 aliphatic heterocycles. The van der Waals surface area contributed by atoms with Crippen molar-refractivity contribution in [2.24, 2.45) is 5.92 Å². The second-order valence-electron chi connectivity index (χ2n) is 6.28. The molecule has 0 amide bonds. The van der Waals surface area contributed by atoms with Gasteiger partial charge in [-0.1, -0.05) is 24.6 Å². The maximum atomic E-state index is 5.50. The normalized spacial score (nSPS) is 18.7. The number of aryl methyl sites for hydroxylation is 1. The lowest BCUT2D eigenvalue weighted by molar-refractivity contribution is 0.156. The number of likely N-dealkylation sites (tertiary alicyclic amines) is 1. The van der Waals surface area contributed by atoms with Gasteiger partial charge in [-0.3, -0.25) is 4.90 Å². The minimum atomic E-state index is 0.644. The van der Waals surface area contributed by atoms with Gasteiger partial charge in [0.1, 0.15) is 5.75 Å². The molecular formula is C18H30N2O. The molecule has 3 heteroatoms. The van der Waals surface area contributed by atoms with Crippen LogP contribution in [-0.4, -0.2) is 37.7 Å². The van der Waals surface area contributed by atoms with Crippen LogP contribution in [0.2, 0.25) is 0 Å². The van der Waals surface area contributed by atoms with Gasteiger partial charge in [0.05, 0.1) is 7.11 Å². The number of methoxy groups -OCH3 is 1. The summed E-state index contributed by atoms with van der Waals surface area (Å²) in [4.78, 5) is 2.56. The maximum absolute atomic E-state index is 5.50. The number of piperidine rings is 1. The Balaban J connectivity index is 1.90. The molecule has 1 aromatic carbocycles. The molecule has 1 unspecified atom stereocenters. The van der Waals surface area contributed by atoms with Gasteiger partial charge in [-0.2, -0.15) is 0 Å². The van der Waals surface area contributed by atoms with Gasteiger partial charge in [0, 0.05) is 18.2 Å². The van der Waals surface area contributed by atoms with Gasteiger partial charge in [-0.05, 0) is 58.3 Å². The molecule has 2 rings (SSSR count). The van der Waals surface area contributed by atoms with Crippen molar-refractivity contribution in [1.82, 2.24) is 10.2 Å². The fourth-order valence-electron chi connectivity index (χ4n) is 3.37. The third-order valence-electron chi connectivity index (χ3n) is 4.70. The molecule has 1 aromatic rings. The van der Waals surface area contributed by atoms with Gasteiger partial charge in [0.15, 0.2) is 0 Å². The number of nitrogens with one attached hydrogen (secondary N) is 1. The molecule has 1 N–H and O–H groups in total. The van der Waals surface area contributed by atoms with E-state index in [9.17, 15) is 0 Å². The van der Waals surface area contributed by atoms with E-state index >= 15 is 0 Å². The molecule has 0 aromatic heterocycles. The van der Waals surface area contributed by atoms with Crippen LogP contribution in [0.5, 0.6) is 5.75 Å². The van der Waals surface area contributed by atoms with Crippen LogP contribution in [0.25, 0.3) is 0 Å². The van der Waals surface area contributed by atoms with Gasteiger partial charge >= 0.3 is 0 Å². The summed E-state index contributed by atoms with van der Waals surface area (Å²) in [5.41, 5.74) is 2.62. The average Bonchev–Trinajstić information content (AvgIpc) is 2.48. The Morgan fingerprint density at radius 3 is 2.67 bits per heavy atom. The summed E-state index contributed by atoms with van der Waals surface area (Å²) in [5, 5.41) is 3.57. The fraction of sp³-hybridized carbons (Fsp3) is 0.667. The van der Waals surface area contributed by atoms with Gasteiger partial charge in [-0.15, -0.1) is 0 Å². The third kappa shape index (κ3) is 4.45. The van der Waals surface area contributed by atoms with Crippen LogP contribution in [0.1, 0.15) is 37.8 Å². The van der Waals surface area contributed by atoms with Gasteiger partial charge in [0.2, 0.25) is 0 Å². The molecule has 0 bridgehead atoms. The van der Waals surface area contributed by atoms with Crippen molar-refractivity contribution in [2.75, 3.05) is 26.7 Å². The molecule has 1 aliphatic rings. The van der Waals surface area contributed by atoms with Crippen molar-refractivity contribution >= 4 is 0 Å². The van der Waals surface area contributed by atoms with E-state index in [-0.39, 0.29) is 0 Å². The summed E-state index contributed by atoms with van der Waals surface area (Å²) in [7, 11) is 1.76. The molecule has 118 valence electrons. The van der Waals surface area contributed by atoms with Crippen molar-refractivity contribution < 1.29 is 4.74 Å². The fourth-order valence-corrected chi connectivity index (χ4v) is 3.37. The average molecular weight is 290 g/mol. The van der Waals surface area contributed by atoms with Crippen LogP contribution in [0, 0.1) is 12.8 Å². The van der Waals surface area contributed by atoms with E-state index in [1.165, 1.54) is 37.1 Å². The van der Waals surface area contributed by atoms with Crippen LogP contribution in [0.4, 0.5) is 0 Å². The van der Waals surface area contributed by atoms with Crippen LogP contribution in [0.3, 0.4) is 0 Å². The molecule has 0 aliphatic carbocycles. The minimum Gasteiger partial charge on any atom is -0.496 e. The Labute approximate surface area is 129 Å². The number of benzene rings is 1. The zero-order valence-electron chi connectivity index (χ0n) is 14.0. The van der Waals surface area contributed by atoms with Crippen molar-refractivity contribution in [3.05, 3.63) is 29.3 Å². The second-order valence-corrected chi connectivity index (χ2v) is 6.28. The molecular weight excluding hydrogens is 260 g/mol. The highest BCUT2D eigenvalue weighted by atomic mass is 16.5. The molecule has 0 saturated carbocycles. The van der Waals surface area contributed by atoms with Crippen LogP contribution >= 0.6 is 0 Å². The van der Waals surface area contributed by atoms with Crippen molar-refractivity contribution in [3.8, 4) is 5.75 Å². The first-order valence-corrected chi connectivity index (χ1v) is 8.23. The first-order chi connectivity index (χ1) is 10.1. The Morgan fingerprint density at radius 1 is 1.33 bits per heavy atom. The number of hydrogen-bond donors (Lipinski definition) is 1. The quantitative estimate of drug-likeness (QED) is 0.870. The molecule has 1 saturated heterocycles. The second kappa shape index (κ2) is 7.81. The third-order valence-corrected chi connectivity index (χ3v) is 4.70. The van der Waals surface area contributed by atoms with E-state index in [0.717, 1.165) is 24.8 Å². The van der Waals surface area contributed by atoms with E-state index in [2.05, 4.69) is 49.2 Å². The van der Waals surface area contributed by atoms with Gasteiger partial charge < -0.3 is 10.1 Å². The van der Waals surface area contributed by atoms with Crippen molar-refractivity contribution in [1.29, 1.82) is 0 Å². The predicted octanol–water partition coefficient (Wildman–Crippen LogP) is 3.21. The number of hydrogen-bond acceptors (Lipinski definition) is 3. The molecule has 3 nitrogen and oxygen atoms in total. The van der Waals surface area contributed by atoms with Crippen molar-refractivity contribution in [2.45, 2.75) is 46.2 Å². The summed E-state index contributed by atoms with van der Waals surface area (Å²) < 4.78 is 5.50. The lowest BCUT2D eigenvalue weighted by atomic mass is 9.90. The largest absolute Gasteiger partial charge is 0.496 e. The summed E-state index contributed by atoms with van der Waals surface area (Å²) in [6.07, 6.45) is 2.59. The van der Waals surface area contributed by atoms with Gasteiger partial charge in [0.25, 0.3) is 0 Å². The zero-order chi connectivity index (χ0) is 15.2. The summed E-state index contributed by atoms with van der Waals surface area (Å²) >= 11 is 0. The standard InChI is InChI=1S/C18H30N2O/c1-5-19-15(3)16-8-10-20(11-9-16)13-17-12-14(2)6-7-18(17)21-4/h6-7,12,15-16,19H,5,8-11,13H2,1-4H3. The Hall–Kier alpha value is -1.06. The van der Waals surface area contributed by atoms with Crippen molar-refractivity contribution in [3.63, 3.8) is 0 Å². The van der Waals surface area contributed by atoms with E-state index in [1.54, 1.807) is 7.11 Å². The molecule has 21 heavy (non-hydrogen) atoms.